The Balaban J connectivity index is 1.31. The lowest BCUT2D eigenvalue weighted by Crippen LogP contribution is -2.45. The summed E-state index contributed by atoms with van der Waals surface area (Å²) in [5.41, 5.74) is 3.11. The van der Waals surface area contributed by atoms with Crippen molar-refractivity contribution in [1.29, 1.82) is 0 Å². The average Bonchev–Trinajstić information content (AvgIpc) is 3.41. The Morgan fingerprint density at radius 3 is 2.92 bits per heavy atom. The molecule has 0 aromatic carbocycles. The van der Waals surface area contributed by atoms with Gasteiger partial charge < -0.3 is 9.30 Å². The highest BCUT2D eigenvalue weighted by molar-refractivity contribution is 5.79. The molecule has 0 radical (unpaired) electrons. The Labute approximate surface area is 155 Å². The van der Waals surface area contributed by atoms with Crippen LogP contribution in [-0.2, 0) is 11.2 Å². The Bertz CT molecular complexity index is 825. The number of pyridine rings is 1. The number of carbonyl (C=O) groups is 1. The van der Waals surface area contributed by atoms with E-state index in [1.54, 1.807) is 0 Å². The van der Waals surface area contributed by atoms with Crippen molar-refractivity contribution in [3.63, 3.8) is 0 Å². The molecule has 1 aliphatic carbocycles. The van der Waals surface area contributed by atoms with Gasteiger partial charge in [0.15, 0.2) is 0 Å². The van der Waals surface area contributed by atoms with Gasteiger partial charge in [0.2, 0.25) is 5.91 Å². The number of nitrogens with zero attached hydrogens (tertiary/aromatic N) is 4. The maximum atomic E-state index is 13.1. The van der Waals surface area contributed by atoms with E-state index in [1.165, 1.54) is 38.8 Å². The SMILES string of the molecule is Cc1cccn2c(CC(=O)N3C[C@H]4CC[C@@H](C3)N(CC3CC3)C4)cnc12. The van der Waals surface area contributed by atoms with Crippen LogP contribution in [0.4, 0.5) is 0 Å². The van der Waals surface area contributed by atoms with Crippen LogP contribution < -0.4 is 0 Å². The number of carbonyl (C=O) groups excluding carboxylic acids is 1. The van der Waals surface area contributed by atoms with E-state index in [-0.39, 0.29) is 5.91 Å². The van der Waals surface area contributed by atoms with E-state index in [4.69, 9.17) is 0 Å². The molecule has 4 aliphatic rings. The van der Waals surface area contributed by atoms with E-state index in [9.17, 15) is 4.79 Å². The molecule has 2 bridgehead atoms. The zero-order valence-electron chi connectivity index (χ0n) is 15.6. The summed E-state index contributed by atoms with van der Waals surface area (Å²) < 4.78 is 2.07. The van der Waals surface area contributed by atoms with Gasteiger partial charge in [-0.2, -0.15) is 0 Å². The monoisotopic (exact) mass is 352 g/mol. The molecule has 4 fully saturated rings. The van der Waals surface area contributed by atoms with Crippen molar-refractivity contribution < 1.29 is 4.79 Å². The minimum atomic E-state index is 0.262. The van der Waals surface area contributed by atoms with Crippen molar-refractivity contribution in [3.8, 4) is 0 Å². The second-order valence-corrected chi connectivity index (χ2v) is 8.60. The zero-order chi connectivity index (χ0) is 17.7. The van der Waals surface area contributed by atoms with E-state index in [0.717, 1.165) is 35.9 Å². The molecule has 2 atom stereocenters. The number of rotatable bonds is 4. The fourth-order valence-corrected chi connectivity index (χ4v) is 4.84. The van der Waals surface area contributed by atoms with Gasteiger partial charge in [-0.1, -0.05) is 6.07 Å². The Kier molecular flexibility index (Phi) is 4.00. The number of imidazole rings is 1. The number of aryl methyl sites for hydroxylation is 1. The highest BCUT2D eigenvalue weighted by Gasteiger charge is 2.38. The van der Waals surface area contributed by atoms with Crippen LogP contribution in [0.15, 0.2) is 24.5 Å². The van der Waals surface area contributed by atoms with Crippen LogP contribution >= 0.6 is 0 Å². The molecule has 5 nitrogen and oxygen atoms in total. The van der Waals surface area contributed by atoms with Crippen molar-refractivity contribution in [2.75, 3.05) is 26.2 Å². The second kappa shape index (κ2) is 6.38. The van der Waals surface area contributed by atoms with Crippen molar-refractivity contribution in [2.24, 2.45) is 11.8 Å². The average molecular weight is 352 g/mol. The Hall–Kier alpha value is -1.88. The number of amides is 1. The van der Waals surface area contributed by atoms with Crippen LogP contribution in [0.25, 0.3) is 5.65 Å². The van der Waals surface area contributed by atoms with Gasteiger partial charge in [0, 0.05) is 44.6 Å². The van der Waals surface area contributed by atoms with Crippen LogP contribution in [-0.4, -0.2) is 57.3 Å². The molecule has 3 aliphatic heterocycles. The van der Waals surface area contributed by atoms with E-state index in [0.29, 0.717) is 18.4 Å². The number of piperidine rings is 1. The lowest BCUT2D eigenvalue weighted by atomic mass is 9.95. The lowest BCUT2D eigenvalue weighted by Gasteiger charge is -2.36. The molecule has 0 unspecified atom stereocenters. The van der Waals surface area contributed by atoms with E-state index >= 15 is 0 Å². The van der Waals surface area contributed by atoms with E-state index < -0.39 is 0 Å². The molecule has 1 amide bonds. The first-order valence-corrected chi connectivity index (χ1v) is 10.1. The summed E-state index contributed by atoms with van der Waals surface area (Å²) in [4.78, 5) is 22.4. The van der Waals surface area contributed by atoms with Crippen LogP contribution in [0.2, 0.25) is 0 Å². The van der Waals surface area contributed by atoms with Crippen molar-refractivity contribution >= 4 is 11.6 Å². The molecule has 26 heavy (non-hydrogen) atoms. The molecule has 6 rings (SSSR count). The van der Waals surface area contributed by atoms with Gasteiger partial charge in [-0.3, -0.25) is 9.69 Å². The van der Waals surface area contributed by atoms with Gasteiger partial charge in [-0.25, -0.2) is 4.98 Å². The zero-order valence-corrected chi connectivity index (χ0v) is 15.6. The molecular weight excluding hydrogens is 324 g/mol. The first-order valence-electron chi connectivity index (χ1n) is 10.1. The second-order valence-electron chi connectivity index (χ2n) is 8.60. The summed E-state index contributed by atoms with van der Waals surface area (Å²) in [5.74, 6) is 1.85. The summed E-state index contributed by atoms with van der Waals surface area (Å²) in [6, 6.07) is 4.66. The predicted molar refractivity (Wildman–Crippen MR) is 101 cm³/mol. The molecular formula is C21H28N4O. The first-order chi connectivity index (χ1) is 12.7. The number of fused-ring (bicyclic) bond motifs is 5. The molecule has 2 aromatic rings. The van der Waals surface area contributed by atoms with Crippen LogP contribution in [0.3, 0.4) is 0 Å². The third-order valence-electron chi connectivity index (χ3n) is 6.51. The van der Waals surface area contributed by atoms with Gasteiger partial charge in [-0.15, -0.1) is 0 Å². The first kappa shape index (κ1) is 16.3. The summed E-state index contributed by atoms with van der Waals surface area (Å²) >= 11 is 0. The van der Waals surface area contributed by atoms with E-state index in [1.807, 2.05) is 18.5 Å². The smallest absolute Gasteiger partial charge is 0.228 e. The Morgan fingerprint density at radius 1 is 1.19 bits per heavy atom. The number of aromatic nitrogens is 2. The fraction of sp³-hybridized carbons (Fsp3) is 0.619. The van der Waals surface area contributed by atoms with Crippen LogP contribution in [0.1, 0.15) is 36.9 Å². The van der Waals surface area contributed by atoms with E-state index in [2.05, 4.69) is 32.2 Å². The van der Waals surface area contributed by atoms with Crippen molar-refractivity contribution in [2.45, 2.75) is 45.1 Å². The molecule has 1 saturated carbocycles. The van der Waals surface area contributed by atoms with Crippen LogP contribution in [0, 0.1) is 18.8 Å². The third kappa shape index (κ3) is 3.02. The summed E-state index contributed by atoms with van der Waals surface area (Å²) in [7, 11) is 0. The molecule has 5 heteroatoms. The minimum Gasteiger partial charge on any atom is -0.340 e. The fourth-order valence-electron chi connectivity index (χ4n) is 4.84. The van der Waals surface area contributed by atoms with Crippen molar-refractivity contribution in [3.05, 3.63) is 35.8 Å². The summed E-state index contributed by atoms with van der Waals surface area (Å²) in [6.45, 7) is 6.37. The van der Waals surface area contributed by atoms with Gasteiger partial charge in [0.25, 0.3) is 0 Å². The quantitative estimate of drug-likeness (QED) is 0.849. The maximum absolute atomic E-state index is 13.1. The minimum absolute atomic E-state index is 0.262. The molecule has 0 spiro atoms. The lowest BCUT2D eigenvalue weighted by molar-refractivity contribution is -0.130. The molecule has 0 N–H and O–H groups in total. The maximum Gasteiger partial charge on any atom is 0.228 e. The normalized spacial score (nSPS) is 26.4. The molecule has 138 valence electrons. The van der Waals surface area contributed by atoms with Crippen LogP contribution in [0.5, 0.6) is 0 Å². The molecule has 5 heterocycles. The summed E-state index contributed by atoms with van der Waals surface area (Å²) in [5, 5.41) is 0. The number of hydrogen-bond donors (Lipinski definition) is 0. The van der Waals surface area contributed by atoms with Gasteiger partial charge in [0.1, 0.15) is 5.65 Å². The highest BCUT2D eigenvalue weighted by Crippen LogP contribution is 2.35. The largest absolute Gasteiger partial charge is 0.340 e. The molecule has 3 saturated heterocycles. The van der Waals surface area contributed by atoms with Gasteiger partial charge >= 0.3 is 0 Å². The third-order valence-corrected chi connectivity index (χ3v) is 6.51. The highest BCUT2D eigenvalue weighted by atomic mass is 16.2. The number of hydrogen-bond acceptors (Lipinski definition) is 3. The van der Waals surface area contributed by atoms with Crippen molar-refractivity contribution in [1.82, 2.24) is 19.2 Å². The summed E-state index contributed by atoms with van der Waals surface area (Å²) in [6.07, 6.45) is 9.69. The van der Waals surface area contributed by atoms with Gasteiger partial charge in [-0.05, 0) is 56.1 Å². The topological polar surface area (TPSA) is 40.9 Å². The Morgan fingerprint density at radius 2 is 2.08 bits per heavy atom. The molecule has 2 aromatic heterocycles. The van der Waals surface area contributed by atoms with Gasteiger partial charge in [0.05, 0.1) is 12.1 Å². The predicted octanol–water partition coefficient (Wildman–Crippen LogP) is 2.52. The standard InChI is InChI=1S/C21H28N4O/c1-15-3-2-8-25-19(10-22-21(15)25)9-20(26)24-13-17-6-7-18(14-24)23(12-17)11-16-4-5-16/h2-3,8,10,16-18H,4-7,9,11-14H2,1H3/t17-,18-/m0/s1.